The van der Waals surface area contributed by atoms with Gasteiger partial charge in [-0.15, -0.1) is 0 Å². The second-order valence-corrected chi connectivity index (χ2v) is 6.80. The number of hydrogen-bond donors (Lipinski definition) is 1. The van der Waals surface area contributed by atoms with Crippen molar-refractivity contribution in [2.24, 2.45) is 5.41 Å². The van der Waals surface area contributed by atoms with Crippen molar-refractivity contribution in [3.8, 4) is 0 Å². The van der Waals surface area contributed by atoms with Gasteiger partial charge in [0.1, 0.15) is 5.76 Å². The summed E-state index contributed by atoms with van der Waals surface area (Å²) in [6, 6.07) is 9.18. The first kappa shape index (κ1) is 14.3. The molecule has 2 aromatic rings. The molecule has 0 fully saturated rings. The number of nitrogens with one attached hydrogen (secondary N) is 1. The summed E-state index contributed by atoms with van der Waals surface area (Å²) >= 11 is 0. The lowest BCUT2D eigenvalue weighted by atomic mass is 9.70. The summed E-state index contributed by atoms with van der Waals surface area (Å²) in [6.07, 6.45) is 2.38. The highest BCUT2D eigenvalue weighted by Gasteiger charge is 2.35. The smallest absolute Gasteiger partial charge is 0.138 e. The van der Waals surface area contributed by atoms with E-state index in [1.54, 1.807) is 0 Å². The number of rotatable bonds is 3. The van der Waals surface area contributed by atoms with Crippen LogP contribution in [-0.4, -0.2) is 5.16 Å². The maximum Gasteiger partial charge on any atom is 0.138 e. The molecule has 3 heteroatoms. The molecule has 0 bridgehead atoms. The Morgan fingerprint density at radius 2 is 2.05 bits per heavy atom. The van der Waals surface area contributed by atoms with Crippen molar-refractivity contribution in [1.82, 2.24) is 10.5 Å². The Labute approximate surface area is 126 Å². The van der Waals surface area contributed by atoms with Gasteiger partial charge in [0, 0.05) is 18.2 Å². The summed E-state index contributed by atoms with van der Waals surface area (Å²) in [7, 11) is 0. The van der Waals surface area contributed by atoms with Crippen molar-refractivity contribution in [1.29, 1.82) is 0 Å². The van der Waals surface area contributed by atoms with Crippen molar-refractivity contribution in [2.45, 2.75) is 53.1 Å². The van der Waals surface area contributed by atoms with Gasteiger partial charge in [-0.25, -0.2) is 0 Å². The molecule has 1 aromatic carbocycles. The van der Waals surface area contributed by atoms with Crippen molar-refractivity contribution >= 4 is 0 Å². The lowest BCUT2D eigenvalue weighted by molar-refractivity contribution is 0.207. The Kier molecular flexibility index (Phi) is 3.62. The van der Waals surface area contributed by atoms with Crippen LogP contribution in [0, 0.1) is 19.3 Å². The molecule has 21 heavy (non-hydrogen) atoms. The molecule has 1 aliphatic carbocycles. The molecule has 3 rings (SSSR count). The van der Waals surface area contributed by atoms with Gasteiger partial charge < -0.3 is 9.84 Å². The van der Waals surface area contributed by atoms with Gasteiger partial charge in [0.25, 0.3) is 0 Å². The topological polar surface area (TPSA) is 38.1 Å². The Bertz CT molecular complexity index is 623. The van der Waals surface area contributed by atoms with E-state index in [1.165, 1.54) is 29.5 Å². The standard InChI is InChI=1S/C18H24N2O/c1-12-16(13(2)21-20-12)11-19-17-15-8-6-5-7-14(15)9-10-18(17,3)4/h5-8,17,19H,9-11H2,1-4H3. The summed E-state index contributed by atoms with van der Waals surface area (Å²) in [6.45, 7) is 9.51. The fourth-order valence-corrected chi connectivity index (χ4v) is 3.41. The molecule has 3 nitrogen and oxygen atoms in total. The Morgan fingerprint density at radius 3 is 2.76 bits per heavy atom. The minimum atomic E-state index is 0.257. The van der Waals surface area contributed by atoms with Gasteiger partial charge in [-0.1, -0.05) is 43.3 Å². The zero-order valence-electron chi connectivity index (χ0n) is 13.4. The fraction of sp³-hybridized carbons (Fsp3) is 0.500. The summed E-state index contributed by atoms with van der Waals surface area (Å²) in [5.74, 6) is 0.918. The third kappa shape index (κ3) is 2.62. The molecule has 1 N–H and O–H groups in total. The van der Waals surface area contributed by atoms with Crippen LogP contribution in [0.4, 0.5) is 0 Å². The number of aryl methyl sites for hydroxylation is 3. The lowest BCUT2D eigenvalue weighted by Gasteiger charge is -2.40. The highest BCUT2D eigenvalue weighted by atomic mass is 16.5. The number of fused-ring (bicyclic) bond motifs is 1. The second-order valence-electron chi connectivity index (χ2n) is 6.80. The molecule has 0 spiro atoms. The van der Waals surface area contributed by atoms with Gasteiger partial charge >= 0.3 is 0 Å². The SMILES string of the molecule is Cc1noc(C)c1CNC1c2ccccc2CCC1(C)C. The first-order valence-electron chi connectivity index (χ1n) is 7.72. The van der Waals surface area contributed by atoms with E-state index < -0.39 is 0 Å². The largest absolute Gasteiger partial charge is 0.361 e. The van der Waals surface area contributed by atoms with Crippen LogP contribution in [-0.2, 0) is 13.0 Å². The summed E-state index contributed by atoms with van der Waals surface area (Å²) < 4.78 is 5.27. The summed E-state index contributed by atoms with van der Waals surface area (Å²) in [4.78, 5) is 0. The maximum atomic E-state index is 5.27. The van der Waals surface area contributed by atoms with E-state index in [0.29, 0.717) is 6.04 Å². The molecule has 0 saturated carbocycles. The van der Waals surface area contributed by atoms with E-state index >= 15 is 0 Å². The van der Waals surface area contributed by atoms with Gasteiger partial charge in [0.15, 0.2) is 0 Å². The third-order valence-electron chi connectivity index (χ3n) is 4.85. The predicted octanol–water partition coefficient (Wildman–Crippen LogP) is 4.09. The molecule has 0 saturated heterocycles. The van der Waals surface area contributed by atoms with Gasteiger partial charge in [-0.2, -0.15) is 0 Å². The van der Waals surface area contributed by atoms with Gasteiger partial charge in [0.05, 0.1) is 5.69 Å². The van der Waals surface area contributed by atoms with Crippen molar-refractivity contribution in [3.63, 3.8) is 0 Å². The van der Waals surface area contributed by atoms with Gasteiger partial charge in [-0.05, 0) is 43.2 Å². The van der Waals surface area contributed by atoms with E-state index in [1.807, 2.05) is 13.8 Å². The van der Waals surface area contributed by atoms with Crippen LogP contribution in [0.3, 0.4) is 0 Å². The molecule has 0 radical (unpaired) electrons. The molecular weight excluding hydrogens is 260 g/mol. The summed E-state index contributed by atoms with van der Waals surface area (Å²) in [5, 5.41) is 7.80. The van der Waals surface area contributed by atoms with Gasteiger partial charge in [-0.3, -0.25) is 0 Å². The highest BCUT2D eigenvalue weighted by molar-refractivity contribution is 5.34. The van der Waals surface area contributed by atoms with Crippen LogP contribution in [0.1, 0.15) is 54.5 Å². The molecule has 1 heterocycles. The number of nitrogens with zero attached hydrogens (tertiary/aromatic N) is 1. The first-order chi connectivity index (χ1) is 9.99. The van der Waals surface area contributed by atoms with Crippen molar-refractivity contribution < 1.29 is 4.52 Å². The summed E-state index contributed by atoms with van der Waals surface area (Å²) in [5.41, 5.74) is 5.36. The minimum Gasteiger partial charge on any atom is -0.361 e. The van der Waals surface area contributed by atoms with Crippen LogP contribution in [0.15, 0.2) is 28.8 Å². The van der Waals surface area contributed by atoms with Crippen LogP contribution in [0.25, 0.3) is 0 Å². The minimum absolute atomic E-state index is 0.257. The first-order valence-corrected chi connectivity index (χ1v) is 7.72. The Morgan fingerprint density at radius 1 is 1.29 bits per heavy atom. The average molecular weight is 284 g/mol. The monoisotopic (exact) mass is 284 g/mol. The zero-order chi connectivity index (χ0) is 15.0. The molecule has 0 amide bonds. The number of benzene rings is 1. The van der Waals surface area contributed by atoms with E-state index in [2.05, 4.69) is 48.6 Å². The molecule has 1 aromatic heterocycles. The number of aromatic nitrogens is 1. The quantitative estimate of drug-likeness (QED) is 0.922. The fourth-order valence-electron chi connectivity index (χ4n) is 3.41. The van der Waals surface area contributed by atoms with E-state index in [-0.39, 0.29) is 5.41 Å². The van der Waals surface area contributed by atoms with Crippen molar-refractivity contribution in [3.05, 3.63) is 52.4 Å². The average Bonchev–Trinajstić information content (AvgIpc) is 2.77. The Hall–Kier alpha value is -1.61. The highest BCUT2D eigenvalue weighted by Crippen LogP contribution is 2.43. The van der Waals surface area contributed by atoms with Crippen molar-refractivity contribution in [2.75, 3.05) is 0 Å². The molecule has 1 unspecified atom stereocenters. The Balaban J connectivity index is 1.86. The van der Waals surface area contributed by atoms with Crippen LogP contribution < -0.4 is 5.32 Å². The van der Waals surface area contributed by atoms with Crippen LogP contribution in [0.2, 0.25) is 0 Å². The van der Waals surface area contributed by atoms with E-state index in [0.717, 1.165) is 18.0 Å². The molecular formula is C18H24N2O. The zero-order valence-corrected chi connectivity index (χ0v) is 13.4. The lowest BCUT2D eigenvalue weighted by Crippen LogP contribution is -2.38. The maximum absolute atomic E-state index is 5.27. The number of hydrogen-bond acceptors (Lipinski definition) is 3. The van der Waals surface area contributed by atoms with Crippen LogP contribution in [0.5, 0.6) is 0 Å². The normalized spacial score (nSPS) is 20.3. The van der Waals surface area contributed by atoms with Crippen LogP contribution >= 0.6 is 0 Å². The predicted molar refractivity (Wildman–Crippen MR) is 84.1 cm³/mol. The molecule has 112 valence electrons. The van der Waals surface area contributed by atoms with E-state index in [9.17, 15) is 0 Å². The van der Waals surface area contributed by atoms with Gasteiger partial charge in [0.2, 0.25) is 0 Å². The molecule has 0 aliphatic heterocycles. The second kappa shape index (κ2) is 5.30. The third-order valence-corrected chi connectivity index (χ3v) is 4.85. The van der Waals surface area contributed by atoms with E-state index in [4.69, 9.17) is 4.52 Å². The molecule has 1 atom stereocenters. The molecule has 1 aliphatic rings.